The Bertz CT molecular complexity index is 910. The van der Waals surface area contributed by atoms with Gasteiger partial charge in [0.1, 0.15) is 24.4 Å². The summed E-state index contributed by atoms with van der Waals surface area (Å²) < 4.78 is 11.1. The summed E-state index contributed by atoms with van der Waals surface area (Å²) in [6, 6.07) is -0.716. The maximum atomic E-state index is 12.8. The van der Waals surface area contributed by atoms with E-state index in [1.807, 2.05) is 0 Å². The van der Waals surface area contributed by atoms with E-state index in [4.69, 9.17) is 9.47 Å². The molecule has 6 N–H and O–H groups in total. The zero-order valence-electron chi connectivity index (χ0n) is 33.1. The summed E-state index contributed by atoms with van der Waals surface area (Å²) in [5.41, 5.74) is 0. The quantitative estimate of drug-likeness (QED) is 0.0287. The first-order valence-electron chi connectivity index (χ1n) is 21.2. The highest BCUT2D eigenvalue weighted by Gasteiger charge is 2.44. The number of nitrogens with one attached hydrogen (secondary N) is 1. The number of aliphatic hydroxyl groups is 5. The Kier molecular flexibility index (Phi) is 31.6. The molecule has 1 aliphatic heterocycles. The van der Waals surface area contributed by atoms with Crippen LogP contribution in [0, 0.1) is 0 Å². The fourth-order valence-corrected chi connectivity index (χ4v) is 6.52. The number of allylic oxidation sites excluding steroid dienone is 6. The van der Waals surface area contributed by atoms with E-state index in [2.05, 4.69) is 55.6 Å². The molecule has 0 aliphatic carbocycles. The topological polar surface area (TPSA) is 149 Å². The van der Waals surface area contributed by atoms with Crippen LogP contribution in [0.3, 0.4) is 0 Å². The molecule has 7 unspecified atom stereocenters. The molecular formula is C43H79NO8. The number of amides is 1. The van der Waals surface area contributed by atoms with Gasteiger partial charge in [0.2, 0.25) is 5.91 Å². The van der Waals surface area contributed by atoms with Crippen LogP contribution in [0.1, 0.15) is 174 Å². The molecule has 52 heavy (non-hydrogen) atoms. The van der Waals surface area contributed by atoms with Crippen LogP contribution in [0.25, 0.3) is 0 Å². The Morgan fingerprint density at radius 3 is 1.67 bits per heavy atom. The van der Waals surface area contributed by atoms with Gasteiger partial charge in [0.25, 0.3) is 0 Å². The molecule has 304 valence electrons. The van der Waals surface area contributed by atoms with E-state index in [0.717, 1.165) is 57.8 Å². The lowest BCUT2D eigenvalue weighted by Gasteiger charge is -2.40. The zero-order chi connectivity index (χ0) is 38.1. The first-order chi connectivity index (χ1) is 25.3. The normalized spacial score (nSPS) is 22.2. The molecule has 0 spiro atoms. The van der Waals surface area contributed by atoms with E-state index in [1.165, 1.54) is 89.9 Å². The number of rotatable bonds is 34. The fraction of sp³-hybridized carbons (Fsp3) is 0.837. The van der Waals surface area contributed by atoms with Gasteiger partial charge in [0.05, 0.1) is 25.4 Å². The molecule has 1 fully saturated rings. The van der Waals surface area contributed by atoms with Gasteiger partial charge in [0.15, 0.2) is 6.29 Å². The zero-order valence-corrected chi connectivity index (χ0v) is 33.1. The van der Waals surface area contributed by atoms with Gasteiger partial charge in [0, 0.05) is 6.42 Å². The summed E-state index contributed by atoms with van der Waals surface area (Å²) in [6.07, 6.45) is 33.7. The number of ether oxygens (including phenoxy) is 2. The number of hydrogen-bond donors (Lipinski definition) is 6. The Balaban J connectivity index is 2.14. The monoisotopic (exact) mass is 738 g/mol. The lowest BCUT2D eigenvalue weighted by molar-refractivity contribution is -0.302. The van der Waals surface area contributed by atoms with Gasteiger partial charge in [-0.2, -0.15) is 0 Å². The Hall–Kier alpha value is -1.59. The van der Waals surface area contributed by atoms with Crippen LogP contribution in [0.2, 0.25) is 0 Å². The Labute approximate surface area is 317 Å². The van der Waals surface area contributed by atoms with Gasteiger partial charge in [-0.3, -0.25) is 4.79 Å². The molecule has 1 aliphatic rings. The van der Waals surface area contributed by atoms with Crippen molar-refractivity contribution in [1.82, 2.24) is 5.32 Å². The highest BCUT2D eigenvalue weighted by Crippen LogP contribution is 2.23. The molecule has 1 heterocycles. The van der Waals surface area contributed by atoms with Crippen molar-refractivity contribution >= 4 is 5.91 Å². The average molecular weight is 738 g/mol. The van der Waals surface area contributed by atoms with Gasteiger partial charge < -0.3 is 40.3 Å². The van der Waals surface area contributed by atoms with Gasteiger partial charge in [-0.05, 0) is 51.4 Å². The number of aliphatic hydroxyl groups excluding tert-OH is 5. The van der Waals surface area contributed by atoms with Crippen molar-refractivity contribution < 1.29 is 39.8 Å². The third-order valence-corrected chi connectivity index (χ3v) is 10.00. The van der Waals surface area contributed by atoms with Crippen LogP contribution in [0.15, 0.2) is 36.5 Å². The smallest absolute Gasteiger partial charge is 0.220 e. The second-order valence-corrected chi connectivity index (χ2v) is 14.8. The molecule has 1 amide bonds. The molecule has 0 aromatic rings. The van der Waals surface area contributed by atoms with E-state index in [1.54, 1.807) is 0 Å². The van der Waals surface area contributed by atoms with Crippen molar-refractivity contribution in [3.05, 3.63) is 36.5 Å². The maximum absolute atomic E-state index is 12.8. The Morgan fingerprint density at radius 1 is 0.654 bits per heavy atom. The summed E-state index contributed by atoms with van der Waals surface area (Å²) >= 11 is 0. The predicted octanol–water partition coefficient (Wildman–Crippen LogP) is 8.11. The van der Waals surface area contributed by atoms with Gasteiger partial charge >= 0.3 is 0 Å². The SMILES string of the molecule is CCCCCCC/C=C\C/C=C\C/C=C\CCCCCCCCCCCCC(=O)NC(COC1OC(CO)C(O)C(O)C1O)C(O)CCCCCC. The molecule has 9 heteroatoms. The van der Waals surface area contributed by atoms with E-state index in [0.29, 0.717) is 12.8 Å². The standard InChI is InChI=1S/C43H79NO8/c1-3-5-7-9-10-11-12-13-14-15-16-17-18-19-20-21-22-23-24-25-26-27-28-29-31-33-39(47)44-36(37(46)32-30-8-6-4-2)35-51-43-42(50)41(49)40(48)38(34-45)52-43/h12-13,15-16,18-19,36-38,40-43,45-46,48-50H,3-11,14,17,20-35H2,1-2H3,(H,44,47)/b13-12-,16-15-,19-18-. The first-order valence-corrected chi connectivity index (χ1v) is 21.2. The summed E-state index contributed by atoms with van der Waals surface area (Å²) in [6.45, 7) is 3.68. The minimum Gasteiger partial charge on any atom is -0.394 e. The minimum absolute atomic E-state index is 0.144. The maximum Gasteiger partial charge on any atom is 0.220 e. The van der Waals surface area contributed by atoms with Crippen molar-refractivity contribution in [3.63, 3.8) is 0 Å². The number of carbonyl (C=O) groups is 1. The molecule has 1 saturated heterocycles. The molecule has 0 bridgehead atoms. The Morgan fingerprint density at radius 2 is 1.13 bits per heavy atom. The summed E-state index contributed by atoms with van der Waals surface area (Å²) in [5.74, 6) is -0.159. The van der Waals surface area contributed by atoms with Crippen LogP contribution in [0.5, 0.6) is 0 Å². The first kappa shape index (κ1) is 48.4. The molecule has 0 aromatic carbocycles. The third kappa shape index (κ3) is 24.7. The van der Waals surface area contributed by atoms with Crippen LogP contribution in [0.4, 0.5) is 0 Å². The van der Waals surface area contributed by atoms with E-state index in [-0.39, 0.29) is 12.5 Å². The molecule has 0 saturated carbocycles. The van der Waals surface area contributed by atoms with Crippen molar-refractivity contribution in [2.45, 2.75) is 217 Å². The fourth-order valence-electron chi connectivity index (χ4n) is 6.52. The van der Waals surface area contributed by atoms with Crippen molar-refractivity contribution in [2.75, 3.05) is 13.2 Å². The highest BCUT2D eigenvalue weighted by molar-refractivity contribution is 5.76. The van der Waals surface area contributed by atoms with Gasteiger partial charge in [-0.25, -0.2) is 0 Å². The number of hydrogen-bond acceptors (Lipinski definition) is 8. The van der Waals surface area contributed by atoms with Crippen LogP contribution in [-0.4, -0.2) is 87.5 Å². The molecular weight excluding hydrogens is 658 g/mol. The molecule has 9 nitrogen and oxygen atoms in total. The molecule has 0 radical (unpaired) electrons. The average Bonchev–Trinajstić information content (AvgIpc) is 3.14. The summed E-state index contributed by atoms with van der Waals surface area (Å²) in [5, 5.41) is 53.6. The number of carbonyl (C=O) groups excluding carboxylic acids is 1. The molecule has 1 rings (SSSR count). The van der Waals surface area contributed by atoms with Crippen LogP contribution >= 0.6 is 0 Å². The summed E-state index contributed by atoms with van der Waals surface area (Å²) in [4.78, 5) is 12.8. The number of unbranched alkanes of at least 4 members (excludes halogenated alkanes) is 18. The van der Waals surface area contributed by atoms with Crippen molar-refractivity contribution in [3.8, 4) is 0 Å². The van der Waals surface area contributed by atoms with Gasteiger partial charge in [-0.1, -0.05) is 153 Å². The second-order valence-electron chi connectivity index (χ2n) is 14.8. The highest BCUT2D eigenvalue weighted by atomic mass is 16.7. The van der Waals surface area contributed by atoms with Gasteiger partial charge in [-0.15, -0.1) is 0 Å². The largest absolute Gasteiger partial charge is 0.394 e. The second kappa shape index (κ2) is 33.9. The van der Waals surface area contributed by atoms with Crippen LogP contribution in [-0.2, 0) is 14.3 Å². The predicted molar refractivity (Wildman–Crippen MR) is 212 cm³/mol. The van der Waals surface area contributed by atoms with E-state index in [9.17, 15) is 30.3 Å². The van der Waals surface area contributed by atoms with E-state index >= 15 is 0 Å². The molecule has 7 atom stereocenters. The minimum atomic E-state index is -1.55. The van der Waals surface area contributed by atoms with Crippen molar-refractivity contribution in [1.29, 1.82) is 0 Å². The lowest BCUT2D eigenvalue weighted by Crippen LogP contribution is -2.60. The third-order valence-electron chi connectivity index (χ3n) is 10.00. The summed E-state index contributed by atoms with van der Waals surface area (Å²) in [7, 11) is 0. The van der Waals surface area contributed by atoms with Crippen LogP contribution < -0.4 is 5.32 Å². The van der Waals surface area contributed by atoms with Crippen molar-refractivity contribution in [2.24, 2.45) is 0 Å². The van der Waals surface area contributed by atoms with E-state index < -0.39 is 49.5 Å². The lowest BCUT2D eigenvalue weighted by atomic mass is 9.99. The molecule has 0 aromatic heterocycles.